The Balaban J connectivity index is 1.89. The highest BCUT2D eigenvalue weighted by Gasteiger charge is 2.06. The van der Waals surface area contributed by atoms with E-state index in [-0.39, 0.29) is 5.82 Å². The van der Waals surface area contributed by atoms with Crippen LogP contribution in [0.4, 0.5) is 4.39 Å². The topological polar surface area (TPSA) is 22.8 Å². The molecule has 0 amide bonds. The minimum atomic E-state index is -0.185. The number of rotatable bonds is 3. The monoisotopic (exact) mass is 255 g/mol. The van der Waals surface area contributed by atoms with Gasteiger partial charge in [0.15, 0.2) is 0 Å². The highest BCUT2D eigenvalue weighted by Crippen LogP contribution is 2.21. The molecule has 0 aliphatic rings. The average molecular weight is 255 g/mol. The van der Waals surface area contributed by atoms with Gasteiger partial charge < -0.3 is 4.57 Å². The van der Waals surface area contributed by atoms with Gasteiger partial charge in [0.05, 0.1) is 6.20 Å². The van der Waals surface area contributed by atoms with Crippen LogP contribution in [0.1, 0.15) is 5.56 Å². The van der Waals surface area contributed by atoms with Crippen LogP contribution in [-0.2, 0) is 13.6 Å². The maximum atomic E-state index is 14.1. The zero-order valence-corrected chi connectivity index (χ0v) is 10.6. The molecule has 3 aromatic rings. The van der Waals surface area contributed by atoms with Crippen molar-refractivity contribution in [3.05, 3.63) is 66.5 Å². The highest BCUT2D eigenvalue weighted by molar-refractivity contribution is 5.62. The maximum Gasteiger partial charge on any atom is 0.128 e. The Bertz CT molecular complexity index is 683. The summed E-state index contributed by atoms with van der Waals surface area (Å²) in [6, 6.07) is 9.19. The van der Waals surface area contributed by atoms with E-state index in [1.165, 1.54) is 0 Å². The van der Waals surface area contributed by atoms with Gasteiger partial charge in [-0.15, -0.1) is 0 Å². The molecule has 19 heavy (non-hydrogen) atoms. The minimum Gasteiger partial charge on any atom is -0.350 e. The Kier molecular flexibility index (Phi) is 2.91. The molecule has 2 aromatic heterocycles. The van der Waals surface area contributed by atoms with Gasteiger partial charge in [-0.05, 0) is 23.8 Å². The second-order valence-corrected chi connectivity index (χ2v) is 4.56. The molecule has 1 aromatic carbocycles. The number of hydrogen-bond donors (Lipinski definition) is 0. The summed E-state index contributed by atoms with van der Waals surface area (Å²) in [7, 11) is 1.85. The maximum absolute atomic E-state index is 14.1. The Morgan fingerprint density at radius 1 is 1.16 bits per heavy atom. The molecule has 0 unspecified atom stereocenters. The standard InChI is InChI=1S/C15H14FN3/c1-18-10-14(9-17-18)12-4-5-13(15(16)8-12)11-19-6-2-3-7-19/h2-10H,11H2,1H3. The van der Waals surface area contributed by atoms with Crippen LogP contribution >= 0.6 is 0 Å². The third-order valence-corrected chi connectivity index (χ3v) is 3.11. The fourth-order valence-electron chi connectivity index (χ4n) is 2.10. The van der Waals surface area contributed by atoms with E-state index >= 15 is 0 Å². The lowest BCUT2D eigenvalue weighted by Crippen LogP contribution is -1.99. The second-order valence-electron chi connectivity index (χ2n) is 4.56. The molecule has 0 fully saturated rings. The molecule has 0 atom stereocenters. The molecular weight excluding hydrogens is 241 g/mol. The van der Waals surface area contributed by atoms with E-state index in [1.54, 1.807) is 16.9 Å². The molecule has 0 aliphatic carbocycles. The number of benzene rings is 1. The van der Waals surface area contributed by atoms with Crippen molar-refractivity contribution in [3.63, 3.8) is 0 Å². The molecule has 4 heteroatoms. The predicted molar refractivity (Wildman–Crippen MR) is 72.1 cm³/mol. The molecule has 3 rings (SSSR count). The van der Waals surface area contributed by atoms with Crippen molar-refractivity contribution in [3.8, 4) is 11.1 Å². The lowest BCUT2D eigenvalue weighted by atomic mass is 10.1. The van der Waals surface area contributed by atoms with E-state index in [0.717, 1.165) is 11.1 Å². The summed E-state index contributed by atoms with van der Waals surface area (Å²) in [5.41, 5.74) is 2.46. The van der Waals surface area contributed by atoms with Crippen molar-refractivity contribution in [1.29, 1.82) is 0 Å². The molecule has 2 heterocycles. The van der Waals surface area contributed by atoms with Crippen LogP contribution in [0.3, 0.4) is 0 Å². The summed E-state index contributed by atoms with van der Waals surface area (Å²) >= 11 is 0. The average Bonchev–Trinajstić information content (AvgIpc) is 3.03. The first-order valence-electron chi connectivity index (χ1n) is 6.10. The van der Waals surface area contributed by atoms with E-state index in [0.29, 0.717) is 12.1 Å². The van der Waals surface area contributed by atoms with Gasteiger partial charge in [0, 0.05) is 43.3 Å². The van der Waals surface area contributed by atoms with Crippen molar-refractivity contribution in [2.75, 3.05) is 0 Å². The molecule has 0 radical (unpaired) electrons. The largest absolute Gasteiger partial charge is 0.350 e. The zero-order chi connectivity index (χ0) is 13.2. The molecule has 96 valence electrons. The lowest BCUT2D eigenvalue weighted by Gasteiger charge is -2.06. The van der Waals surface area contributed by atoms with E-state index in [2.05, 4.69) is 5.10 Å². The number of halogens is 1. The van der Waals surface area contributed by atoms with Crippen molar-refractivity contribution in [2.24, 2.45) is 7.05 Å². The Morgan fingerprint density at radius 2 is 1.95 bits per heavy atom. The van der Waals surface area contributed by atoms with Crippen molar-refractivity contribution < 1.29 is 4.39 Å². The summed E-state index contributed by atoms with van der Waals surface area (Å²) in [5.74, 6) is -0.185. The zero-order valence-electron chi connectivity index (χ0n) is 10.6. The smallest absolute Gasteiger partial charge is 0.128 e. The normalized spacial score (nSPS) is 10.8. The van der Waals surface area contributed by atoms with Crippen LogP contribution in [0, 0.1) is 5.82 Å². The third-order valence-electron chi connectivity index (χ3n) is 3.11. The fourth-order valence-corrected chi connectivity index (χ4v) is 2.10. The van der Waals surface area contributed by atoms with Crippen molar-refractivity contribution in [1.82, 2.24) is 14.3 Å². The Morgan fingerprint density at radius 3 is 2.58 bits per heavy atom. The van der Waals surface area contributed by atoms with Crippen LogP contribution in [0.25, 0.3) is 11.1 Å². The van der Waals surface area contributed by atoms with E-state index in [9.17, 15) is 4.39 Å². The van der Waals surface area contributed by atoms with Crippen molar-refractivity contribution in [2.45, 2.75) is 6.54 Å². The van der Waals surface area contributed by atoms with Gasteiger partial charge in [-0.25, -0.2) is 4.39 Å². The van der Waals surface area contributed by atoms with Crippen LogP contribution in [0.15, 0.2) is 55.1 Å². The van der Waals surface area contributed by atoms with E-state index in [4.69, 9.17) is 0 Å². The first-order chi connectivity index (χ1) is 9.22. The lowest BCUT2D eigenvalue weighted by molar-refractivity contribution is 0.600. The molecule has 0 saturated carbocycles. The summed E-state index contributed by atoms with van der Waals surface area (Å²) in [6.07, 6.45) is 7.46. The predicted octanol–water partition coefficient (Wildman–Crippen LogP) is 3.08. The van der Waals surface area contributed by atoms with Gasteiger partial charge in [-0.3, -0.25) is 4.68 Å². The molecule has 0 spiro atoms. The number of nitrogens with zero attached hydrogens (tertiary/aromatic N) is 3. The first kappa shape index (κ1) is 11.7. The van der Waals surface area contributed by atoms with Crippen LogP contribution in [0.2, 0.25) is 0 Å². The molecule has 0 N–H and O–H groups in total. The van der Waals surface area contributed by atoms with Crippen LogP contribution < -0.4 is 0 Å². The van der Waals surface area contributed by atoms with Crippen molar-refractivity contribution >= 4 is 0 Å². The molecule has 0 bridgehead atoms. The van der Waals surface area contributed by atoms with E-state index < -0.39 is 0 Å². The number of aryl methyl sites for hydroxylation is 1. The van der Waals surface area contributed by atoms with Crippen LogP contribution in [-0.4, -0.2) is 14.3 Å². The number of aromatic nitrogens is 3. The van der Waals surface area contributed by atoms with Gasteiger partial charge in [0.2, 0.25) is 0 Å². The molecule has 0 aliphatic heterocycles. The van der Waals surface area contributed by atoms with Gasteiger partial charge >= 0.3 is 0 Å². The highest BCUT2D eigenvalue weighted by atomic mass is 19.1. The molecular formula is C15H14FN3. The minimum absolute atomic E-state index is 0.185. The van der Waals surface area contributed by atoms with Gasteiger partial charge in [-0.1, -0.05) is 12.1 Å². The first-order valence-corrected chi connectivity index (χ1v) is 6.10. The number of hydrogen-bond acceptors (Lipinski definition) is 1. The summed E-state index contributed by atoms with van der Waals surface area (Å²) in [6.45, 7) is 0.548. The van der Waals surface area contributed by atoms with Crippen LogP contribution in [0.5, 0.6) is 0 Å². The van der Waals surface area contributed by atoms with E-state index in [1.807, 2.05) is 54.5 Å². The quantitative estimate of drug-likeness (QED) is 0.705. The summed E-state index contributed by atoms with van der Waals surface area (Å²) in [5, 5.41) is 4.10. The van der Waals surface area contributed by atoms with Gasteiger partial charge in [0.1, 0.15) is 5.82 Å². The van der Waals surface area contributed by atoms with Gasteiger partial charge in [0.25, 0.3) is 0 Å². The second kappa shape index (κ2) is 4.72. The van der Waals surface area contributed by atoms with Gasteiger partial charge in [-0.2, -0.15) is 5.10 Å². The summed E-state index contributed by atoms with van der Waals surface area (Å²) in [4.78, 5) is 0. The molecule has 0 saturated heterocycles. The Hall–Kier alpha value is -2.36. The third kappa shape index (κ3) is 2.42. The Labute approximate surface area is 110 Å². The molecule has 3 nitrogen and oxygen atoms in total. The fraction of sp³-hybridized carbons (Fsp3) is 0.133. The SMILES string of the molecule is Cn1cc(-c2ccc(Cn3cccc3)c(F)c2)cn1. The summed E-state index contributed by atoms with van der Waals surface area (Å²) < 4.78 is 17.7.